The second kappa shape index (κ2) is 5.61. The van der Waals surface area contributed by atoms with Crippen molar-refractivity contribution in [2.45, 2.75) is 45.6 Å². The standard InChI is InChI=1S/C11H23NO/c1-3-5-8-12(4-2)9-11(13)10-6-7-10/h10-11,13H,3-9H2,1-2H3. The quantitative estimate of drug-likeness (QED) is 0.654. The van der Waals surface area contributed by atoms with Gasteiger partial charge in [-0.1, -0.05) is 20.3 Å². The van der Waals surface area contributed by atoms with Crippen molar-refractivity contribution in [2.75, 3.05) is 19.6 Å². The van der Waals surface area contributed by atoms with E-state index in [2.05, 4.69) is 18.7 Å². The summed E-state index contributed by atoms with van der Waals surface area (Å²) < 4.78 is 0. The lowest BCUT2D eigenvalue weighted by atomic mass is 10.2. The van der Waals surface area contributed by atoms with Gasteiger partial charge >= 0.3 is 0 Å². The Bertz CT molecular complexity index is 134. The molecule has 0 bridgehead atoms. The Balaban J connectivity index is 2.13. The van der Waals surface area contributed by atoms with E-state index in [0.717, 1.165) is 19.6 Å². The summed E-state index contributed by atoms with van der Waals surface area (Å²) in [4.78, 5) is 2.37. The van der Waals surface area contributed by atoms with Crippen LogP contribution in [0.5, 0.6) is 0 Å². The molecule has 1 saturated carbocycles. The monoisotopic (exact) mass is 185 g/mol. The molecule has 1 rings (SSSR count). The van der Waals surface area contributed by atoms with E-state index in [9.17, 15) is 5.11 Å². The van der Waals surface area contributed by atoms with Crippen molar-refractivity contribution in [2.24, 2.45) is 5.92 Å². The molecule has 0 aliphatic heterocycles. The van der Waals surface area contributed by atoms with Crippen LogP contribution in [0.15, 0.2) is 0 Å². The summed E-state index contributed by atoms with van der Waals surface area (Å²) in [5.41, 5.74) is 0. The number of nitrogens with zero attached hydrogens (tertiary/aromatic N) is 1. The third-order valence-electron chi connectivity index (χ3n) is 2.89. The molecule has 1 unspecified atom stereocenters. The molecule has 0 amide bonds. The van der Waals surface area contributed by atoms with Crippen LogP contribution in [0.2, 0.25) is 0 Å². The fourth-order valence-corrected chi connectivity index (χ4v) is 1.65. The van der Waals surface area contributed by atoms with Crippen LogP contribution in [-0.2, 0) is 0 Å². The van der Waals surface area contributed by atoms with Gasteiger partial charge < -0.3 is 10.0 Å². The zero-order valence-corrected chi connectivity index (χ0v) is 9.00. The minimum atomic E-state index is -0.0585. The summed E-state index contributed by atoms with van der Waals surface area (Å²) in [6, 6.07) is 0. The number of hydrogen-bond donors (Lipinski definition) is 1. The van der Waals surface area contributed by atoms with Gasteiger partial charge in [-0.15, -0.1) is 0 Å². The van der Waals surface area contributed by atoms with Crippen molar-refractivity contribution in [1.82, 2.24) is 4.90 Å². The van der Waals surface area contributed by atoms with Crippen LogP contribution in [0.25, 0.3) is 0 Å². The SMILES string of the molecule is CCCCN(CC)CC(O)C1CC1. The summed E-state index contributed by atoms with van der Waals surface area (Å²) >= 11 is 0. The van der Waals surface area contributed by atoms with Crippen molar-refractivity contribution in [3.8, 4) is 0 Å². The molecular formula is C11H23NO. The predicted octanol–water partition coefficient (Wildman–Crippen LogP) is 1.88. The molecule has 0 aromatic rings. The summed E-state index contributed by atoms with van der Waals surface area (Å²) in [7, 11) is 0. The largest absolute Gasteiger partial charge is 0.392 e. The van der Waals surface area contributed by atoms with Gasteiger partial charge in [-0.05, 0) is 38.3 Å². The average molecular weight is 185 g/mol. The maximum Gasteiger partial charge on any atom is 0.0695 e. The molecule has 1 N–H and O–H groups in total. The lowest BCUT2D eigenvalue weighted by Gasteiger charge is -2.23. The highest BCUT2D eigenvalue weighted by Crippen LogP contribution is 2.32. The van der Waals surface area contributed by atoms with Gasteiger partial charge in [0.15, 0.2) is 0 Å². The van der Waals surface area contributed by atoms with E-state index in [1.807, 2.05) is 0 Å². The third-order valence-corrected chi connectivity index (χ3v) is 2.89. The van der Waals surface area contributed by atoms with Crippen molar-refractivity contribution < 1.29 is 5.11 Å². The Morgan fingerprint density at radius 2 is 2.08 bits per heavy atom. The fourth-order valence-electron chi connectivity index (χ4n) is 1.65. The molecule has 2 heteroatoms. The Morgan fingerprint density at radius 3 is 2.54 bits per heavy atom. The van der Waals surface area contributed by atoms with E-state index in [4.69, 9.17) is 0 Å². The van der Waals surface area contributed by atoms with E-state index in [0.29, 0.717) is 5.92 Å². The zero-order chi connectivity index (χ0) is 9.68. The molecule has 78 valence electrons. The van der Waals surface area contributed by atoms with Gasteiger partial charge in [-0.2, -0.15) is 0 Å². The van der Waals surface area contributed by atoms with Crippen LogP contribution in [0.3, 0.4) is 0 Å². The normalized spacial score (nSPS) is 19.4. The van der Waals surface area contributed by atoms with Gasteiger partial charge in [-0.25, -0.2) is 0 Å². The summed E-state index contributed by atoms with van der Waals surface area (Å²) in [5.74, 6) is 0.621. The lowest BCUT2D eigenvalue weighted by Crippen LogP contribution is -2.34. The maximum absolute atomic E-state index is 9.75. The van der Waals surface area contributed by atoms with Gasteiger partial charge in [0, 0.05) is 6.54 Å². The van der Waals surface area contributed by atoms with Crippen molar-refractivity contribution >= 4 is 0 Å². The highest BCUT2D eigenvalue weighted by molar-refractivity contribution is 4.82. The van der Waals surface area contributed by atoms with Crippen molar-refractivity contribution in [3.63, 3.8) is 0 Å². The summed E-state index contributed by atoms with van der Waals surface area (Å²) in [6.07, 6.45) is 4.93. The van der Waals surface area contributed by atoms with Crippen LogP contribution in [0, 0.1) is 5.92 Å². The van der Waals surface area contributed by atoms with Crippen LogP contribution < -0.4 is 0 Å². The molecule has 1 aliphatic rings. The number of likely N-dealkylation sites (N-methyl/N-ethyl adjacent to an activating group) is 1. The van der Waals surface area contributed by atoms with E-state index in [1.165, 1.54) is 25.7 Å². The highest BCUT2D eigenvalue weighted by Gasteiger charge is 2.30. The molecule has 1 fully saturated rings. The van der Waals surface area contributed by atoms with Gasteiger partial charge in [0.05, 0.1) is 6.10 Å². The molecule has 2 nitrogen and oxygen atoms in total. The Morgan fingerprint density at radius 1 is 1.38 bits per heavy atom. The van der Waals surface area contributed by atoms with E-state index < -0.39 is 0 Å². The first-order chi connectivity index (χ1) is 6.27. The number of aliphatic hydroxyl groups excluding tert-OH is 1. The molecule has 0 saturated heterocycles. The molecule has 0 heterocycles. The first-order valence-corrected chi connectivity index (χ1v) is 5.68. The van der Waals surface area contributed by atoms with Gasteiger partial charge in [-0.3, -0.25) is 0 Å². The van der Waals surface area contributed by atoms with Crippen LogP contribution in [0.1, 0.15) is 39.5 Å². The predicted molar refractivity (Wildman–Crippen MR) is 55.8 cm³/mol. The van der Waals surface area contributed by atoms with Crippen molar-refractivity contribution in [1.29, 1.82) is 0 Å². The van der Waals surface area contributed by atoms with Crippen LogP contribution >= 0.6 is 0 Å². The molecule has 1 aliphatic carbocycles. The number of aliphatic hydroxyl groups is 1. The molecule has 0 aromatic carbocycles. The number of unbranched alkanes of at least 4 members (excludes halogenated alkanes) is 1. The Labute approximate surface area is 81.9 Å². The number of rotatable bonds is 7. The Kier molecular flexibility index (Phi) is 4.74. The smallest absolute Gasteiger partial charge is 0.0695 e. The molecular weight excluding hydrogens is 162 g/mol. The highest BCUT2D eigenvalue weighted by atomic mass is 16.3. The van der Waals surface area contributed by atoms with Crippen LogP contribution in [0.4, 0.5) is 0 Å². The van der Waals surface area contributed by atoms with E-state index in [-0.39, 0.29) is 6.10 Å². The number of hydrogen-bond acceptors (Lipinski definition) is 2. The minimum absolute atomic E-state index is 0.0585. The van der Waals surface area contributed by atoms with Crippen LogP contribution in [-0.4, -0.2) is 35.7 Å². The van der Waals surface area contributed by atoms with Gasteiger partial charge in [0.25, 0.3) is 0 Å². The first kappa shape index (κ1) is 11.0. The second-order valence-corrected chi connectivity index (χ2v) is 4.15. The zero-order valence-electron chi connectivity index (χ0n) is 9.00. The molecule has 1 atom stereocenters. The Hall–Kier alpha value is -0.0800. The first-order valence-electron chi connectivity index (χ1n) is 5.68. The van der Waals surface area contributed by atoms with Crippen molar-refractivity contribution in [3.05, 3.63) is 0 Å². The second-order valence-electron chi connectivity index (χ2n) is 4.15. The topological polar surface area (TPSA) is 23.5 Å². The molecule has 0 spiro atoms. The van der Waals surface area contributed by atoms with Gasteiger partial charge in [0.2, 0.25) is 0 Å². The lowest BCUT2D eigenvalue weighted by molar-refractivity contribution is 0.0968. The van der Waals surface area contributed by atoms with E-state index >= 15 is 0 Å². The summed E-state index contributed by atoms with van der Waals surface area (Å²) in [5, 5.41) is 9.75. The van der Waals surface area contributed by atoms with E-state index in [1.54, 1.807) is 0 Å². The summed E-state index contributed by atoms with van der Waals surface area (Å²) in [6.45, 7) is 7.50. The van der Waals surface area contributed by atoms with Gasteiger partial charge in [0.1, 0.15) is 0 Å². The molecule has 13 heavy (non-hydrogen) atoms. The fraction of sp³-hybridized carbons (Fsp3) is 1.00. The average Bonchev–Trinajstić information content (AvgIpc) is 2.94. The molecule has 0 aromatic heterocycles. The molecule has 0 radical (unpaired) electrons. The maximum atomic E-state index is 9.75. The third kappa shape index (κ3) is 4.10. The minimum Gasteiger partial charge on any atom is -0.392 e.